The Morgan fingerprint density at radius 2 is 1.22 bits per heavy atom. The van der Waals surface area contributed by atoms with Crippen molar-refractivity contribution in [3.05, 3.63) is 35.1 Å². The normalized spacial score (nSPS) is 10.9. The molecule has 23 heavy (non-hydrogen) atoms. The number of benzene rings is 1. The molecule has 0 saturated carbocycles. The lowest BCUT2D eigenvalue weighted by atomic mass is 10.2. The van der Waals surface area contributed by atoms with Crippen LogP contribution in [0.5, 0.6) is 0 Å². The predicted molar refractivity (Wildman–Crippen MR) is 71.1 cm³/mol. The van der Waals surface area contributed by atoms with Gasteiger partial charge in [-0.3, -0.25) is 14.4 Å². The molecule has 0 unspecified atom stereocenters. The van der Waals surface area contributed by atoms with Crippen molar-refractivity contribution >= 4 is 26.7 Å². The second kappa shape index (κ2) is 7.27. The molecule has 0 aliphatic heterocycles. The molecule has 126 valence electrons. The molecule has 0 atom stereocenters. The molecule has 10 heteroatoms. The summed E-state index contributed by atoms with van der Waals surface area (Å²) in [7, 11) is -4.29. The van der Waals surface area contributed by atoms with E-state index >= 15 is 0 Å². The summed E-state index contributed by atoms with van der Waals surface area (Å²) in [6.07, 6.45) is 0. The Balaban J connectivity index is 3.28. The Bertz CT molecular complexity index is 585. The van der Waals surface area contributed by atoms with Crippen LogP contribution >= 0.6 is 0 Å². The van der Waals surface area contributed by atoms with Gasteiger partial charge in [0.1, 0.15) is 0 Å². The van der Waals surface area contributed by atoms with Crippen LogP contribution < -0.4 is 0 Å². The Hall–Kier alpha value is -2.36. The van der Waals surface area contributed by atoms with Gasteiger partial charge in [0.25, 0.3) is 17.9 Å². The molecule has 0 radical (unpaired) electrons. The quantitative estimate of drug-likeness (QED) is 0.595. The highest BCUT2D eigenvalue weighted by atomic mass is 28.4. The largest absolute Gasteiger partial charge is 0.709 e. The van der Waals surface area contributed by atoms with Gasteiger partial charge in [0.15, 0.2) is 17.5 Å². The number of rotatable bonds is 5. The van der Waals surface area contributed by atoms with Crippen molar-refractivity contribution < 1.29 is 40.8 Å². The van der Waals surface area contributed by atoms with Crippen LogP contribution in [0, 0.1) is 17.5 Å². The first-order valence-electron chi connectivity index (χ1n) is 6.27. The minimum Gasteiger partial charge on any atom is -0.455 e. The molecule has 6 nitrogen and oxygen atoms in total. The van der Waals surface area contributed by atoms with Crippen LogP contribution in [0.4, 0.5) is 13.2 Å². The fraction of sp³-hybridized carbons (Fsp3) is 0.308. The van der Waals surface area contributed by atoms with Gasteiger partial charge in [0.2, 0.25) is 0 Å². The molecule has 1 aromatic rings. The number of hydrogen-bond acceptors (Lipinski definition) is 6. The van der Waals surface area contributed by atoms with Gasteiger partial charge in [-0.15, -0.1) is 0 Å². The lowest BCUT2D eigenvalue weighted by Crippen LogP contribution is -2.51. The van der Waals surface area contributed by atoms with E-state index in [-0.39, 0.29) is 5.56 Å². The van der Waals surface area contributed by atoms with Crippen LogP contribution in [0.1, 0.15) is 26.3 Å². The summed E-state index contributed by atoms with van der Waals surface area (Å²) in [5.74, 6) is -7.45. The summed E-state index contributed by atoms with van der Waals surface area (Å²) in [6.45, 7) is 2.92. The van der Waals surface area contributed by atoms with Crippen LogP contribution in [0.15, 0.2) is 12.1 Å². The summed E-state index contributed by atoms with van der Waals surface area (Å²) in [6, 6.07) is 0.646. The topological polar surface area (TPSA) is 78.9 Å². The van der Waals surface area contributed by atoms with Crippen molar-refractivity contribution in [2.24, 2.45) is 0 Å². The summed E-state index contributed by atoms with van der Waals surface area (Å²) in [5, 5.41) is 0. The molecule has 0 fully saturated rings. The standard InChI is InChI=1S/C13H13F3O6Si/c1-7(17)20-23(21-8(2)18,22-9(3)19)6-10-4-11(14)13(16)12(15)5-10/h4-5H,6H2,1-3H3. The Labute approximate surface area is 130 Å². The third-order valence-electron chi connectivity index (χ3n) is 2.36. The van der Waals surface area contributed by atoms with Crippen molar-refractivity contribution in [1.29, 1.82) is 0 Å². The zero-order valence-electron chi connectivity index (χ0n) is 12.4. The maximum absolute atomic E-state index is 13.3. The smallest absolute Gasteiger partial charge is 0.455 e. The lowest BCUT2D eigenvalue weighted by molar-refractivity contribution is -0.147. The first-order chi connectivity index (χ1) is 10.5. The SMILES string of the molecule is CC(=O)O[Si](Cc1cc(F)c(F)c(F)c1)(OC(C)=O)OC(C)=O. The summed E-state index contributed by atoms with van der Waals surface area (Å²) >= 11 is 0. The highest BCUT2D eigenvalue weighted by molar-refractivity contribution is 6.65. The van der Waals surface area contributed by atoms with Crippen LogP contribution in [-0.4, -0.2) is 26.7 Å². The molecule has 0 aliphatic carbocycles. The maximum atomic E-state index is 13.3. The molecule has 0 spiro atoms. The molecule has 0 aromatic heterocycles. The number of halogens is 3. The number of hydrogen-bond donors (Lipinski definition) is 0. The van der Waals surface area contributed by atoms with E-state index in [9.17, 15) is 27.6 Å². The fourth-order valence-corrected chi connectivity index (χ4v) is 4.15. The van der Waals surface area contributed by atoms with E-state index in [0.29, 0.717) is 12.1 Å². The molecular formula is C13H13F3O6Si. The molecule has 1 rings (SSSR count). The van der Waals surface area contributed by atoms with Crippen molar-refractivity contribution in [3.63, 3.8) is 0 Å². The van der Waals surface area contributed by atoms with Gasteiger partial charge in [-0.1, -0.05) is 0 Å². The zero-order chi connectivity index (χ0) is 17.8. The summed E-state index contributed by atoms with van der Waals surface area (Å²) in [5.41, 5.74) is -0.211. The van der Waals surface area contributed by atoms with Gasteiger partial charge < -0.3 is 13.3 Å². The molecule has 0 saturated heterocycles. The average Bonchev–Trinajstić information content (AvgIpc) is 2.32. The molecule has 0 heterocycles. The van der Waals surface area contributed by atoms with Crippen molar-refractivity contribution in [2.45, 2.75) is 26.8 Å². The predicted octanol–water partition coefficient (Wildman–Crippen LogP) is 1.81. The Morgan fingerprint density at radius 3 is 1.52 bits per heavy atom. The van der Waals surface area contributed by atoms with Gasteiger partial charge in [-0.2, -0.15) is 0 Å². The Morgan fingerprint density at radius 1 is 0.870 bits per heavy atom. The van der Waals surface area contributed by atoms with Crippen molar-refractivity contribution in [3.8, 4) is 0 Å². The first kappa shape index (κ1) is 18.7. The first-order valence-corrected chi connectivity index (χ1v) is 8.20. The molecule has 0 bridgehead atoms. The third-order valence-corrected chi connectivity index (χ3v) is 5.00. The minimum absolute atomic E-state index is 0.211. The van der Waals surface area contributed by atoms with E-state index in [1.807, 2.05) is 0 Å². The van der Waals surface area contributed by atoms with Gasteiger partial charge >= 0.3 is 8.80 Å². The Kier molecular flexibility index (Phi) is 5.90. The van der Waals surface area contributed by atoms with E-state index in [0.717, 1.165) is 20.8 Å². The highest BCUT2D eigenvalue weighted by Crippen LogP contribution is 2.21. The van der Waals surface area contributed by atoms with Gasteiger partial charge in [0, 0.05) is 20.8 Å². The minimum atomic E-state index is -4.29. The summed E-state index contributed by atoms with van der Waals surface area (Å²) in [4.78, 5) is 33.7. The van der Waals surface area contributed by atoms with Gasteiger partial charge in [-0.05, 0) is 17.7 Å². The van der Waals surface area contributed by atoms with Gasteiger partial charge in [0.05, 0.1) is 6.04 Å². The molecule has 1 aromatic carbocycles. The van der Waals surface area contributed by atoms with Gasteiger partial charge in [-0.25, -0.2) is 13.2 Å². The van der Waals surface area contributed by atoms with E-state index < -0.39 is 50.2 Å². The lowest BCUT2D eigenvalue weighted by Gasteiger charge is -2.26. The van der Waals surface area contributed by atoms with Crippen LogP contribution in [0.3, 0.4) is 0 Å². The van der Waals surface area contributed by atoms with Crippen molar-refractivity contribution in [2.75, 3.05) is 0 Å². The fourth-order valence-electron chi connectivity index (χ4n) is 1.79. The maximum Gasteiger partial charge on any atom is 0.709 e. The average molecular weight is 350 g/mol. The van der Waals surface area contributed by atoms with Crippen LogP contribution in [0.2, 0.25) is 0 Å². The van der Waals surface area contributed by atoms with E-state index in [2.05, 4.69) is 0 Å². The third kappa shape index (κ3) is 5.40. The van der Waals surface area contributed by atoms with Crippen LogP contribution in [0.25, 0.3) is 0 Å². The van der Waals surface area contributed by atoms with E-state index in [4.69, 9.17) is 13.3 Å². The molecule has 0 amide bonds. The summed E-state index contributed by atoms with van der Waals surface area (Å²) < 4.78 is 54.1. The number of carbonyl (C=O) groups excluding carboxylic acids is 3. The second-order valence-electron chi connectivity index (χ2n) is 4.51. The van der Waals surface area contributed by atoms with Crippen molar-refractivity contribution in [1.82, 2.24) is 0 Å². The molecular weight excluding hydrogens is 337 g/mol. The van der Waals surface area contributed by atoms with E-state index in [1.165, 1.54) is 0 Å². The highest BCUT2D eigenvalue weighted by Gasteiger charge is 2.52. The second-order valence-corrected chi connectivity index (χ2v) is 6.85. The van der Waals surface area contributed by atoms with Crippen LogP contribution in [-0.2, 0) is 33.7 Å². The molecule has 0 aliphatic rings. The van der Waals surface area contributed by atoms with E-state index in [1.54, 1.807) is 0 Å². The molecule has 0 N–H and O–H groups in total. The monoisotopic (exact) mass is 350 g/mol. The zero-order valence-corrected chi connectivity index (χ0v) is 13.4. The number of carbonyl (C=O) groups is 3.